The van der Waals surface area contributed by atoms with Gasteiger partial charge in [-0.15, -0.1) is 0 Å². The molecule has 3 nitrogen and oxygen atoms in total. The molecule has 0 heterocycles. The Morgan fingerprint density at radius 1 is 1.21 bits per heavy atom. The Balaban J connectivity index is 1.76. The smallest absolute Gasteiger partial charge is 0.175 e. The molecule has 1 N–H and O–H groups in total. The molecule has 0 spiro atoms. The van der Waals surface area contributed by atoms with E-state index in [1.807, 2.05) is 12.1 Å². The van der Waals surface area contributed by atoms with Crippen molar-refractivity contribution in [3.05, 3.63) is 29.8 Å². The summed E-state index contributed by atoms with van der Waals surface area (Å²) in [6.45, 7) is 0.770. The standard InChI is InChI=1S/C15H20ClNO2/c16-15(17-18)13-6-8-14(9-7-13)19-11-10-12-4-2-1-3-5-12/h6-9,12,18H,1-5,10-11H2/b17-15+. The maximum atomic E-state index is 8.57. The van der Waals surface area contributed by atoms with Crippen molar-refractivity contribution in [1.82, 2.24) is 0 Å². The van der Waals surface area contributed by atoms with Gasteiger partial charge < -0.3 is 9.94 Å². The largest absolute Gasteiger partial charge is 0.494 e. The van der Waals surface area contributed by atoms with E-state index >= 15 is 0 Å². The zero-order chi connectivity index (χ0) is 13.5. The predicted octanol–water partition coefficient (Wildman–Crippen LogP) is 4.41. The van der Waals surface area contributed by atoms with Crippen LogP contribution in [0.2, 0.25) is 0 Å². The number of hydrogen-bond donors (Lipinski definition) is 1. The molecule has 0 aliphatic heterocycles. The van der Waals surface area contributed by atoms with E-state index in [0.29, 0.717) is 5.56 Å². The Kier molecular flexibility index (Phi) is 5.52. The molecule has 0 saturated heterocycles. The Hall–Kier alpha value is -1.22. The first-order valence-electron chi connectivity index (χ1n) is 6.90. The molecule has 1 fully saturated rings. The van der Waals surface area contributed by atoms with Crippen LogP contribution in [0.5, 0.6) is 5.75 Å². The first-order chi connectivity index (χ1) is 9.29. The highest BCUT2D eigenvalue weighted by molar-refractivity contribution is 6.69. The molecular weight excluding hydrogens is 262 g/mol. The summed E-state index contributed by atoms with van der Waals surface area (Å²) in [7, 11) is 0. The maximum Gasteiger partial charge on any atom is 0.175 e. The Morgan fingerprint density at radius 2 is 1.89 bits per heavy atom. The van der Waals surface area contributed by atoms with Crippen molar-refractivity contribution in [3.8, 4) is 5.75 Å². The second-order valence-electron chi connectivity index (χ2n) is 5.06. The maximum absolute atomic E-state index is 8.57. The second-order valence-corrected chi connectivity index (χ2v) is 5.41. The Labute approximate surface area is 119 Å². The van der Waals surface area contributed by atoms with Crippen molar-refractivity contribution < 1.29 is 9.94 Å². The molecule has 1 aromatic carbocycles. The van der Waals surface area contributed by atoms with Crippen molar-refractivity contribution in [2.75, 3.05) is 6.61 Å². The van der Waals surface area contributed by atoms with Crippen molar-refractivity contribution in [1.29, 1.82) is 0 Å². The number of oxime groups is 1. The van der Waals surface area contributed by atoms with Crippen molar-refractivity contribution in [2.45, 2.75) is 38.5 Å². The van der Waals surface area contributed by atoms with Crippen molar-refractivity contribution in [2.24, 2.45) is 11.1 Å². The minimum absolute atomic E-state index is 0.0914. The molecule has 1 saturated carbocycles. The highest BCUT2D eigenvalue weighted by atomic mass is 35.5. The van der Waals surface area contributed by atoms with E-state index in [0.717, 1.165) is 24.7 Å². The lowest BCUT2D eigenvalue weighted by atomic mass is 9.87. The summed E-state index contributed by atoms with van der Waals surface area (Å²) < 4.78 is 5.73. The van der Waals surface area contributed by atoms with E-state index in [9.17, 15) is 0 Å². The van der Waals surface area contributed by atoms with Crippen molar-refractivity contribution in [3.63, 3.8) is 0 Å². The topological polar surface area (TPSA) is 41.8 Å². The third-order valence-electron chi connectivity index (χ3n) is 3.70. The van der Waals surface area contributed by atoms with E-state index in [4.69, 9.17) is 21.5 Å². The van der Waals surface area contributed by atoms with Gasteiger partial charge in [-0.3, -0.25) is 0 Å². The van der Waals surface area contributed by atoms with E-state index in [2.05, 4.69) is 5.16 Å². The highest BCUT2D eigenvalue weighted by Crippen LogP contribution is 2.26. The fourth-order valence-corrected chi connectivity index (χ4v) is 2.69. The molecule has 0 amide bonds. The van der Waals surface area contributed by atoms with E-state index in [1.54, 1.807) is 12.1 Å². The lowest BCUT2D eigenvalue weighted by Crippen LogP contribution is -2.10. The summed E-state index contributed by atoms with van der Waals surface area (Å²) in [5.41, 5.74) is 0.684. The van der Waals surface area contributed by atoms with E-state index < -0.39 is 0 Å². The number of benzene rings is 1. The first-order valence-corrected chi connectivity index (χ1v) is 7.28. The van der Waals surface area contributed by atoms with Crippen LogP contribution in [0.3, 0.4) is 0 Å². The molecule has 1 aromatic rings. The zero-order valence-corrected chi connectivity index (χ0v) is 11.8. The molecule has 1 aliphatic carbocycles. The van der Waals surface area contributed by atoms with Crippen LogP contribution in [0.4, 0.5) is 0 Å². The molecule has 19 heavy (non-hydrogen) atoms. The van der Waals surface area contributed by atoms with Crippen LogP contribution in [0.15, 0.2) is 29.4 Å². The summed E-state index contributed by atoms with van der Waals surface area (Å²) >= 11 is 5.71. The molecule has 104 valence electrons. The van der Waals surface area contributed by atoms with Crippen LogP contribution >= 0.6 is 11.6 Å². The van der Waals surface area contributed by atoms with E-state index in [-0.39, 0.29) is 5.17 Å². The lowest BCUT2D eigenvalue weighted by Gasteiger charge is -2.21. The molecule has 0 radical (unpaired) electrons. The van der Waals surface area contributed by atoms with Crippen LogP contribution in [0.25, 0.3) is 0 Å². The minimum atomic E-state index is 0.0914. The fraction of sp³-hybridized carbons (Fsp3) is 0.533. The van der Waals surface area contributed by atoms with Gasteiger partial charge in [-0.25, -0.2) is 0 Å². The molecule has 0 atom stereocenters. The van der Waals surface area contributed by atoms with Gasteiger partial charge in [-0.2, -0.15) is 0 Å². The molecule has 0 unspecified atom stereocenters. The van der Waals surface area contributed by atoms with Gasteiger partial charge in [0.2, 0.25) is 0 Å². The average molecular weight is 282 g/mol. The lowest BCUT2D eigenvalue weighted by molar-refractivity contribution is 0.246. The molecule has 1 aliphatic rings. The summed E-state index contributed by atoms with van der Waals surface area (Å²) in [6, 6.07) is 7.28. The summed E-state index contributed by atoms with van der Waals surface area (Å²) in [6.07, 6.45) is 7.99. The highest BCUT2D eigenvalue weighted by Gasteiger charge is 2.13. The number of ether oxygens (including phenoxy) is 1. The molecule has 0 bridgehead atoms. The zero-order valence-electron chi connectivity index (χ0n) is 11.0. The van der Waals surface area contributed by atoms with Gasteiger partial charge in [0.1, 0.15) is 5.75 Å². The van der Waals surface area contributed by atoms with Gasteiger partial charge in [-0.1, -0.05) is 48.9 Å². The number of nitrogens with zero attached hydrogens (tertiary/aromatic N) is 1. The van der Waals surface area contributed by atoms with Gasteiger partial charge in [0, 0.05) is 5.56 Å². The summed E-state index contributed by atoms with van der Waals surface area (Å²) in [4.78, 5) is 0. The average Bonchev–Trinajstić information content (AvgIpc) is 2.48. The van der Waals surface area contributed by atoms with Gasteiger partial charge in [-0.05, 0) is 36.6 Å². The van der Waals surface area contributed by atoms with E-state index in [1.165, 1.54) is 32.1 Å². The van der Waals surface area contributed by atoms with Crippen LogP contribution < -0.4 is 4.74 Å². The quantitative estimate of drug-likeness (QED) is 0.493. The van der Waals surface area contributed by atoms with Gasteiger partial charge >= 0.3 is 0 Å². The summed E-state index contributed by atoms with van der Waals surface area (Å²) in [5.74, 6) is 1.67. The van der Waals surface area contributed by atoms with Crippen molar-refractivity contribution >= 4 is 16.8 Å². The van der Waals surface area contributed by atoms with Gasteiger partial charge in [0.25, 0.3) is 0 Å². The summed E-state index contributed by atoms with van der Waals surface area (Å²) in [5, 5.41) is 11.6. The SMILES string of the molecule is O/N=C(/Cl)c1ccc(OCCC2CCCCC2)cc1. The first kappa shape index (κ1) is 14.2. The third-order valence-corrected chi connectivity index (χ3v) is 3.99. The Bertz CT molecular complexity index is 411. The van der Waals surface area contributed by atoms with Gasteiger partial charge in [0.05, 0.1) is 6.61 Å². The monoisotopic (exact) mass is 281 g/mol. The minimum Gasteiger partial charge on any atom is -0.494 e. The second kappa shape index (κ2) is 7.39. The van der Waals surface area contributed by atoms with Crippen LogP contribution in [-0.2, 0) is 0 Å². The normalized spacial score (nSPS) is 17.4. The predicted molar refractivity (Wildman–Crippen MR) is 77.3 cm³/mol. The van der Waals surface area contributed by atoms with Gasteiger partial charge in [0.15, 0.2) is 5.17 Å². The third kappa shape index (κ3) is 4.43. The molecule has 4 heteroatoms. The molecular formula is C15H20ClNO2. The number of hydrogen-bond acceptors (Lipinski definition) is 3. The molecule has 2 rings (SSSR count). The Morgan fingerprint density at radius 3 is 2.53 bits per heavy atom. The number of rotatable bonds is 5. The van der Waals surface area contributed by atoms with Crippen LogP contribution in [0, 0.1) is 5.92 Å². The fourth-order valence-electron chi connectivity index (χ4n) is 2.57. The number of halogens is 1. The van der Waals surface area contributed by atoms with Crippen LogP contribution in [0.1, 0.15) is 44.1 Å². The molecule has 0 aromatic heterocycles. The van der Waals surface area contributed by atoms with Crippen LogP contribution in [-0.4, -0.2) is 17.0 Å².